The van der Waals surface area contributed by atoms with Crippen LogP contribution < -0.4 is 0 Å². The predicted octanol–water partition coefficient (Wildman–Crippen LogP) is 3.03. The van der Waals surface area contributed by atoms with Gasteiger partial charge >= 0.3 is 0 Å². The van der Waals surface area contributed by atoms with Crippen molar-refractivity contribution >= 4 is 10.0 Å². The van der Waals surface area contributed by atoms with Gasteiger partial charge in [0.15, 0.2) is 0 Å². The highest BCUT2D eigenvalue weighted by Gasteiger charge is 2.27. The number of hydrogen-bond donors (Lipinski definition) is 0. The second kappa shape index (κ2) is 6.37. The number of hydrogen-bond acceptors (Lipinski definition) is 3. The van der Waals surface area contributed by atoms with E-state index in [2.05, 4.69) is 4.98 Å². The molecule has 1 saturated heterocycles. The van der Waals surface area contributed by atoms with Gasteiger partial charge in [0.2, 0.25) is 10.0 Å². The molecule has 1 aliphatic rings. The van der Waals surface area contributed by atoms with Crippen LogP contribution in [0.1, 0.15) is 24.5 Å². The molecular formula is C17H19FN2O2S. The van der Waals surface area contributed by atoms with Crippen LogP contribution in [0.2, 0.25) is 0 Å². The van der Waals surface area contributed by atoms with E-state index in [4.69, 9.17) is 0 Å². The fourth-order valence-electron chi connectivity index (χ4n) is 2.95. The molecule has 0 bridgehead atoms. The monoisotopic (exact) mass is 334 g/mol. The fraction of sp³-hybridized carbons (Fsp3) is 0.353. The van der Waals surface area contributed by atoms with Gasteiger partial charge in [0.25, 0.3) is 0 Å². The van der Waals surface area contributed by atoms with E-state index in [1.54, 1.807) is 12.1 Å². The Kier molecular flexibility index (Phi) is 4.46. The molecule has 1 aliphatic heterocycles. The van der Waals surface area contributed by atoms with Crippen LogP contribution in [0.3, 0.4) is 0 Å². The number of rotatable bonds is 3. The van der Waals surface area contributed by atoms with E-state index >= 15 is 0 Å². The summed E-state index contributed by atoms with van der Waals surface area (Å²) in [7, 11) is -3.17. The summed E-state index contributed by atoms with van der Waals surface area (Å²) in [6, 6.07) is 12.0. The number of pyridine rings is 1. The van der Waals surface area contributed by atoms with Crippen molar-refractivity contribution in [3.63, 3.8) is 0 Å². The fourth-order valence-corrected chi connectivity index (χ4v) is 3.86. The molecule has 0 spiro atoms. The van der Waals surface area contributed by atoms with Crippen LogP contribution in [-0.2, 0) is 10.0 Å². The van der Waals surface area contributed by atoms with Gasteiger partial charge in [-0.3, -0.25) is 4.98 Å². The molecule has 0 radical (unpaired) electrons. The van der Waals surface area contributed by atoms with E-state index < -0.39 is 10.0 Å². The topological polar surface area (TPSA) is 50.3 Å². The van der Waals surface area contributed by atoms with Crippen LogP contribution in [0.15, 0.2) is 42.5 Å². The first-order valence-electron chi connectivity index (χ1n) is 7.61. The molecule has 0 N–H and O–H groups in total. The van der Waals surface area contributed by atoms with Gasteiger partial charge in [0, 0.05) is 30.3 Å². The van der Waals surface area contributed by atoms with E-state index in [1.807, 2.05) is 18.2 Å². The largest absolute Gasteiger partial charge is 0.252 e. The molecule has 4 nitrogen and oxygen atoms in total. The zero-order valence-electron chi connectivity index (χ0n) is 12.9. The molecule has 0 aliphatic carbocycles. The van der Waals surface area contributed by atoms with E-state index in [0.717, 1.165) is 29.8 Å². The summed E-state index contributed by atoms with van der Waals surface area (Å²) in [6.45, 7) is 1.05. The number of benzene rings is 1. The van der Waals surface area contributed by atoms with Crippen molar-refractivity contribution < 1.29 is 12.8 Å². The molecule has 122 valence electrons. The number of sulfonamides is 1. The van der Waals surface area contributed by atoms with Gasteiger partial charge in [0.1, 0.15) is 5.82 Å². The van der Waals surface area contributed by atoms with Gasteiger partial charge in [-0.15, -0.1) is 0 Å². The maximum Gasteiger partial charge on any atom is 0.211 e. The van der Waals surface area contributed by atoms with Crippen LogP contribution >= 0.6 is 0 Å². The Morgan fingerprint density at radius 3 is 2.61 bits per heavy atom. The molecule has 3 rings (SSSR count). The van der Waals surface area contributed by atoms with Crippen molar-refractivity contribution in [3.8, 4) is 11.3 Å². The van der Waals surface area contributed by atoms with Gasteiger partial charge in [0.05, 0.1) is 11.9 Å². The average molecular weight is 334 g/mol. The molecule has 23 heavy (non-hydrogen) atoms. The molecule has 1 unspecified atom stereocenters. The SMILES string of the molecule is CS(=O)(=O)N1CCCC(c2cccc(-c3ccc(F)cc3)n2)C1. The summed E-state index contributed by atoms with van der Waals surface area (Å²) in [6.07, 6.45) is 3.00. The number of piperidine rings is 1. The van der Waals surface area contributed by atoms with Crippen LogP contribution in [0, 0.1) is 5.82 Å². The minimum Gasteiger partial charge on any atom is -0.252 e. The third-order valence-corrected chi connectivity index (χ3v) is 5.45. The standard InChI is InChI=1S/C17H19FN2O2S/c1-23(21,22)20-11-3-4-14(12-20)17-6-2-5-16(19-17)13-7-9-15(18)10-8-13/h2,5-10,14H,3-4,11-12H2,1H3. The summed E-state index contributed by atoms with van der Waals surface area (Å²) < 4.78 is 38.1. The zero-order chi connectivity index (χ0) is 16.4. The normalized spacial score (nSPS) is 19.7. The average Bonchev–Trinajstić information content (AvgIpc) is 2.55. The minimum atomic E-state index is -3.17. The lowest BCUT2D eigenvalue weighted by Crippen LogP contribution is -2.38. The van der Waals surface area contributed by atoms with E-state index in [0.29, 0.717) is 13.1 Å². The molecule has 2 heterocycles. The summed E-state index contributed by atoms with van der Waals surface area (Å²) in [5.41, 5.74) is 2.52. The van der Waals surface area contributed by atoms with E-state index in [9.17, 15) is 12.8 Å². The Labute approximate surface area is 136 Å². The highest BCUT2D eigenvalue weighted by atomic mass is 32.2. The maximum atomic E-state index is 13.0. The van der Waals surface area contributed by atoms with Crippen LogP contribution in [-0.4, -0.2) is 37.1 Å². The summed E-state index contributed by atoms with van der Waals surface area (Å²) >= 11 is 0. The molecule has 2 aromatic rings. The first-order valence-corrected chi connectivity index (χ1v) is 9.46. The smallest absolute Gasteiger partial charge is 0.211 e. The lowest BCUT2D eigenvalue weighted by Gasteiger charge is -2.30. The number of nitrogens with zero attached hydrogens (tertiary/aromatic N) is 2. The van der Waals surface area contributed by atoms with Gasteiger partial charge in [-0.05, 0) is 49.2 Å². The molecule has 1 aromatic carbocycles. The van der Waals surface area contributed by atoms with Gasteiger partial charge in [-0.1, -0.05) is 6.07 Å². The Hall–Kier alpha value is -1.79. The summed E-state index contributed by atoms with van der Waals surface area (Å²) in [5, 5.41) is 0. The van der Waals surface area contributed by atoms with Crippen LogP contribution in [0.4, 0.5) is 4.39 Å². The van der Waals surface area contributed by atoms with Crippen molar-refractivity contribution in [2.45, 2.75) is 18.8 Å². The molecule has 6 heteroatoms. The van der Waals surface area contributed by atoms with Crippen molar-refractivity contribution in [1.82, 2.24) is 9.29 Å². The highest BCUT2D eigenvalue weighted by Crippen LogP contribution is 2.28. The molecule has 1 atom stereocenters. The highest BCUT2D eigenvalue weighted by molar-refractivity contribution is 7.88. The molecule has 1 fully saturated rings. The Balaban J connectivity index is 1.86. The van der Waals surface area contributed by atoms with E-state index in [1.165, 1.54) is 22.7 Å². The lowest BCUT2D eigenvalue weighted by molar-refractivity contribution is 0.314. The van der Waals surface area contributed by atoms with Gasteiger partial charge in [-0.2, -0.15) is 0 Å². The van der Waals surface area contributed by atoms with Gasteiger partial charge in [-0.25, -0.2) is 17.1 Å². The first-order chi connectivity index (χ1) is 10.9. The van der Waals surface area contributed by atoms with E-state index in [-0.39, 0.29) is 11.7 Å². The van der Waals surface area contributed by atoms with Crippen molar-refractivity contribution in [2.75, 3.05) is 19.3 Å². The molecular weight excluding hydrogens is 315 g/mol. The number of halogens is 1. The van der Waals surface area contributed by atoms with Crippen LogP contribution in [0.5, 0.6) is 0 Å². The lowest BCUT2D eigenvalue weighted by atomic mass is 9.95. The quantitative estimate of drug-likeness (QED) is 0.867. The third-order valence-electron chi connectivity index (χ3n) is 4.18. The maximum absolute atomic E-state index is 13.0. The molecule has 0 amide bonds. The molecule has 1 aromatic heterocycles. The summed E-state index contributed by atoms with van der Waals surface area (Å²) in [4.78, 5) is 4.67. The van der Waals surface area contributed by atoms with Crippen molar-refractivity contribution in [1.29, 1.82) is 0 Å². The second-order valence-corrected chi connectivity index (χ2v) is 7.90. The van der Waals surface area contributed by atoms with Crippen LogP contribution in [0.25, 0.3) is 11.3 Å². The zero-order valence-corrected chi connectivity index (χ0v) is 13.8. The Morgan fingerprint density at radius 2 is 1.91 bits per heavy atom. The first kappa shape index (κ1) is 16.1. The Morgan fingerprint density at radius 1 is 1.17 bits per heavy atom. The Bertz CT molecular complexity index is 790. The van der Waals surface area contributed by atoms with Crippen molar-refractivity contribution in [2.24, 2.45) is 0 Å². The van der Waals surface area contributed by atoms with Crippen molar-refractivity contribution in [3.05, 3.63) is 54.0 Å². The van der Waals surface area contributed by atoms with Gasteiger partial charge < -0.3 is 0 Å². The molecule has 0 saturated carbocycles. The summed E-state index contributed by atoms with van der Waals surface area (Å²) in [5.74, 6) is -0.181. The predicted molar refractivity (Wildman–Crippen MR) is 88.0 cm³/mol. The second-order valence-electron chi connectivity index (χ2n) is 5.91. The third kappa shape index (κ3) is 3.76. The minimum absolute atomic E-state index is 0.0962. The number of aromatic nitrogens is 1.